The van der Waals surface area contributed by atoms with Crippen molar-refractivity contribution >= 4 is 17.4 Å². The lowest BCUT2D eigenvalue weighted by Crippen LogP contribution is -2.47. The maximum atomic E-state index is 12.3. The number of aryl methyl sites for hydroxylation is 1. The van der Waals surface area contributed by atoms with Gasteiger partial charge in [-0.3, -0.25) is 14.9 Å². The van der Waals surface area contributed by atoms with Gasteiger partial charge >= 0.3 is 0 Å². The smallest absolute Gasteiger partial charge is 0.287 e. The molecule has 1 aliphatic rings. The molecule has 21 heavy (non-hydrogen) atoms. The van der Waals surface area contributed by atoms with E-state index < -0.39 is 11.0 Å². The Kier molecular flexibility index (Phi) is 4.69. The van der Waals surface area contributed by atoms with Crippen LogP contribution >= 0.6 is 0 Å². The summed E-state index contributed by atoms with van der Waals surface area (Å²) in [5.41, 5.74) is 0.566. The van der Waals surface area contributed by atoms with Crippen molar-refractivity contribution < 1.29 is 14.5 Å². The SMILES string of the molecule is Cc1cc([N+](=O)[O-])cnc1NC(C)C(=O)N1CCOCC1. The number of carbonyl (C=O) groups excluding carboxylic acids is 1. The summed E-state index contributed by atoms with van der Waals surface area (Å²) >= 11 is 0. The second-order valence-electron chi connectivity index (χ2n) is 4.92. The molecule has 1 atom stereocenters. The summed E-state index contributed by atoms with van der Waals surface area (Å²) in [5.74, 6) is 0.451. The number of hydrogen-bond donors (Lipinski definition) is 1. The van der Waals surface area contributed by atoms with E-state index in [9.17, 15) is 14.9 Å². The first-order valence-corrected chi connectivity index (χ1v) is 6.73. The Labute approximate surface area is 122 Å². The fourth-order valence-corrected chi connectivity index (χ4v) is 2.14. The number of hydrogen-bond acceptors (Lipinski definition) is 6. The highest BCUT2D eigenvalue weighted by Crippen LogP contribution is 2.19. The number of amides is 1. The molecule has 0 aliphatic carbocycles. The molecule has 114 valence electrons. The van der Waals surface area contributed by atoms with Crippen LogP contribution in [0.1, 0.15) is 12.5 Å². The molecule has 0 bridgehead atoms. The standard InChI is InChI=1S/C13H18N4O4/c1-9-7-11(17(19)20)8-14-12(9)15-10(2)13(18)16-3-5-21-6-4-16/h7-8,10H,3-6H2,1-2H3,(H,14,15). The van der Waals surface area contributed by atoms with Gasteiger partial charge in [0.2, 0.25) is 5.91 Å². The van der Waals surface area contributed by atoms with Gasteiger partial charge in [-0.2, -0.15) is 0 Å². The monoisotopic (exact) mass is 294 g/mol. The second-order valence-corrected chi connectivity index (χ2v) is 4.92. The third kappa shape index (κ3) is 3.66. The van der Waals surface area contributed by atoms with Crippen LogP contribution in [0.25, 0.3) is 0 Å². The first-order chi connectivity index (χ1) is 9.99. The molecule has 1 aromatic heterocycles. The summed E-state index contributed by atoms with van der Waals surface area (Å²) in [6.45, 7) is 5.73. The summed E-state index contributed by atoms with van der Waals surface area (Å²) in [4.78, 5) is 28.2. The van der Waals surface area contributed by atoms with Crippen molar-refractivity contribution in [2.24, 2.45) is 0 Å². The molecule has 1 unspecified atom stereocenters. The van der Waals surface area contributed by atoms with E-state index >= 15 is 0 Å². The van der Waals surface area contributed by atoms with Gasteiger partial charge in [0.1, 0.15) is 18.1 Å². The van der Waals surface area contributed by atoms with Gasteiger partial charge in [0.05, 0.1) is 18.1 Å². The molecular weight excluding hydrogens is 276 g/mol. The van der Waals surface area contributed by atoms with Crippen LogP contribution in [-0.2, 0) is 9.53 Å². The van der Waals surface area contributed by atoms with Gasteiger partial charge in [-0.25, -0.2) is 4.98 Å². The van der Waals surface area contributed by atoms with Gasteiger partial charge in [-0.05, 0) is 19.4 Å². The zero-order chi connectivity index (χ0) is 15.4. The number of rotatable bonds is 4. The average Bonchev–Trinajstić information content (AvgIpc) is 2.49. The third-order valence-corrected chi connectivity index (χ3v) is 3.32. The van der Waals surface area contributed by atoms with Crippen LogP contribution in [0.15, 0.2) is 12.3 Å². The lowest BCUT2D eigenvalue weighted by molar-refractivity contribution is -0.385. The largest absolute Gasteiger partial charge is 0.378 e. The Balaban J connectivity index is 2.03. The second kappa shape index (κ2) is 6.49. The van der Waals surface area contributed by atoms with Gasteiger partial charge < -0.3 is 15.0 Å². The average molecular weight is 294 g/mol. The van der Waals surface area contributed by atoms with E-state index in [1.54, 1.807) is 18.7 Å². The summed E-state index contributed by atoms with van der Waals surface area (Å²) in [6.07, 6.45) is 1.18. The number of nitro groups is 1. The van der Waals surface area contributed by atoms with Crippen LogP contribution in [0.4, 0.5) is 11.5 Å². The number of pyridine rings is 1. The summed E-state index contributed by atoms with van der Waals surface area (Å²) in [7, 11) is 0. The molecule has 0 saturated carbocycles. The van der Waals surface area contributed by atoms with Crippen molar-refractivity contribution in [1.82, 2.24) is 9.88 Å². The van der Waals surface area contributed by atoms with Crippen molar-refractivity contribution in [2.75, 3.05) is 31.6 Å². The van der Waals surface area contributed by atoms with E-state index in [2.05, 4.69) is 10.3 Å². The Morgan fingerprint density at radius 1 is 1.52 bits per heavy atom. The topological polar surface area (TPSA) is 97.6 Å². The van der Waals surface area contributed by atoms with Crippen LogP contribution in [0, 0.1) is 17.0 Å². The Morgan fingerprint density at radius 2 is 2.19 bits per heavy atom. The van der Waals surface area contributed by atoms with E-state index in [1.165, 1.54) is 12.3 Å². The van der Waals surface area contributed by atoms with Gasteiger partial charge in [0, 0.05) is 19.2 Å². The molecule has 0 aromatic carbocycles. The molecule has 0 radical (unpaired) electrons. The maximum absolute atomic E-state index is 12.3. The Morgan fingerprint density at radius 3 is 2.76 bits per heavy atom. The first-order valence-electron chi connectivity index (χ1n) is 6.73. The fraction of sp³-hybridized carbons (Fsp3) is 0.538. The first kappa shape index (κ1) is 15.2. The predicted molar refractivity (Wildman–Crippen MR) is 76.1 cm³/mol. The Bertz CT molecular complexity index is 543. The number of nitrogens with zero attached hydrogens (tertiary/aromatic N) is 3. The number of carbonyl (C=O) groups is 1. The van der Waals surface area contributed by atoms with Gasteiger partial charge in [-0.15, -0.1) is 0 Å². The molecule has 1 saturated heterocycles. The predicted octanol–water partition coefficient (Wildman–Crippen LogP) is 0.957. The number of nitrogens with one attached hydrogen (secondary N) is 1. The molecule has 8 nitrogen and oxygen atoms in total. The van der Waals surface area contributed by atoms with E-state index in [1.807, 2.05) is 0 Å². The normalized spacial score (nSPS) is 16.4. The van der Waals surface area contributed by atoms with Gasteiger partial charge in [0.25, 0.3) is 5.69 Å². The summed E-state index contributed by atoms with van der Waals surface area (Å²) < 4.78 is 5.21. The lowest BCUT2D eigenvalue weighted by atomic mass is 10.2. The minimum Gasteiger partial charge on any atom is -0.378 e. The summed E-state index contributed by atoms with van der Waals surface area (Å²) in [6, 6.07) is 0.983. The molecular formula is C13H18N4O4. The van der Waals surface area contributed by atoms with Crippen molar-refractivity contribution in [3.8, 4) is 0 Å². The number of ether oxygens (including phenoxy) is 1. The Hall–Kier alpha value is -2.22. The number of morpholine rings is 1. The maximum Gasteiger partial charge on any atom is 0.287 e. The fourth-order valence-electron chi connectivity index (χ4n) is 2.14. The van der Waals surface area contributed by atoms with E-state index in [4.69, 9.17) is 4.74 Å². The zero-order valence-corrected chi connectivity index (χ0v) is 12.0. The van der Waals surface area contributed by atoms with Crippen molar-refractivity contribution in [2.45, 2.75) is 19.9 Å². The van der Waals surface area contributed by atoms with E-state index in [0.29, 0.717) is 37.7 Å². The molecule has 1 N–H and O–H groups in total. The van der Waals surface area contributed by atoms with Gasteiger partial charge in [0.15, 0.2) is 0 Å². The van der Waals surface area contributed by atoms with Crippen LogP contribution in [0.2, 0.25) is 0 Å². The van der Waals surface area contributed by atoms with E-state index in [-0.39, 0.29) is 11.6 Å². The molecule has 2 rings (SSSR count). The molecule has 1 aliphatic heterocycles. The van der Waals surface area contributed by atoms with Crippen molar-refractivity contribution in [1.29, 1.82) is 0 Å². The minimum atomic E-state index is -0.494. The highest BCUT2D eigenvalue weighted by Gasteiger charge is 2.23. The van der Waals surface area contributed by atoms with Gasteiger partial charge in [-0.1, -0.05) is 0 Å². The van der Waals surface area contributed by atoms with E-state index in [0.717, 1.165) is 0 Å². The van der Waals surface area contributed by atoms with Crippen LogP contribution in [0.3, 0.4) is 0 Å². The number of aromatic nitrogens is 1. The molecule has 1 aromatic rings. The third-order valence-electron chi connectivity index (χ3n) is 3.32. The van der Waals surface area contributed by atoms with Crippen LogP contribution in [0.5, 0.6) is 0 Å². The lowest BCUT2D eigenvalue weighted by Gasteiger charge is -2.29. The highest BCUT2D eigenvalue weighted by molar-refractivity contribution is 5.84. The zero-order valence-electron chi connectivity index (χ0n) is 12.0. The molecule has 0 spiro atoms. The van der Waals surface area contributed by atoms with Crippen LogP contribution in [-0.4, -0.2) is 53.1 Å². The van der Waals surface area contributed by atoms with Crippen LogP contribution < -0.4 is 5.32 Å². The molecule has 1 amide bonds. The quantitative estimate of drug-likeness (QED) is 0.656. The summed E-state index contributed by atoms with van der Waals surface area (Å²) in [5, 5.41) is 13.7. The minimum absolute atomic E-state index is 0.0298. The van der Waals surface area contributed by atoms with Crippen molar-refractivity contribution in [3.05, 3.63) is 27.9 Å². The highest BCUT2D eigenvalue weighted by atomic mass is 16.6. The van der Waals surface area contributed by atoms with Crippen molar-refractivity contribution in [3.63, 3.8) is 0 Å². The molecule has 2 heterocycles. The molecule has 1 fully saturated rings. The molecule has 8 heteroatoms. The number of anilines is 1.